The number of carbonyl (C=O) groups excluding carboxylic acids is 1. The summed E-state index contributed by atoms with van der Waals surface area (Å²) in [7, 11) is 1.47. The Balaban J connectivity index is 3.02. The SMILES string of the molecule is CCOc1c(Br)cc(Cl)cc1NC(=O)C(C)OC. The Morgan fingerprint density at radius 2 is 2.22 bits per heavy atom. The van der Waals surface area contributed by atoms with Gasteiger partial charge in [-0.2, -0.15) is 0 Å². The topological polar surface area (TPSA) is 47.6 Å². The standard InChI is InChI=1S/C12H15BrClNO3/c1-4-18-11-9(13)5-8(14)6-10(11)15-12(16)7(2)17-3/h5-7H,4H2,1-3H3,(H,15,16). The number of methoxy groups -OCH3 is 1. The first-order chi connectivity index (χ1) is 8.49. The second-order valence-corrected chi connectivity index (χ2v) is 4.86. The van der Waals surface area contributed by atoms with Crippen LogP contribution in [0, 0.1) is 0 Å². The van der Waals surface area contributed by atoms with E-state index in [1.54, 1.807) is 19.1 Å². The molecule has 1 atom stereocenters. The molecular weight excluding hydrogens is 321 g/mol. The Morgan fingerprint density at radius 1 is 1.56 bits per heavy atom. The maximum Gasteiger partial charge on any atom is 0.253 e. The molecule has 0 aliphatic carbocycles. The smallest absolute Gasteiger partial charge is 0.253 e. The monoisotopic (exact) mass is 335 g/mol. The Hall–Kier alpha value is -0.780. The highest BCUT2D eigenvalue weighted by molar-refractivity contribution is 9.10. The first-order valence-electron chi connectivity index (χ1n) is 5.45. The van der Waals surface area contributed by atoms with Crippen LogP contribution in [0.25, 0.3) is 0 Å². The van der Waals surface area contributed by atoms with Crippen LogP contribution in [0.15, 0.2) is 16.6 Å². The second kappa shape index (κ2) is 6.97. The summed E-state index contributed by atoms with van der Waals surface area (Å²) in [5.74, 6) is 0.297. The van der Waals surface area contributed by atoms with Crippen LogP contribution < -0.4 is 10.1 Å². The summed E-state index contributed by atoms with van der Waals surface area (Å²) in [5.41, 5.74) is 0.519. The van der Waals surface area contributed by atoms with Gasteiger partial charge < -0.3 is 14.8 Å². The van der Waals surface area contributed by atoms with Crippen molar-refractivity contribution in [3.63, 3.8) is 0 Å². The van der Waals surface area contributed by atoms with Crippen LogP contribution >= 0.6 is 27.5 Å². The first kappa shape index (κ1) is 15.3. The summed E-state index contributed by atoms with van der Waals surface area (Å²) in [6, 6.07) is 3.35. The maximum absolute atomic E-state index is 11.8. The number of ether oxygens (including phenoxy) is 2. The number of halogens is 2. The summed E-state index contributed by atoms with van der Waals surface area (Å²) in [5, 5.41) is 3.23. The third kappa shape index (κ3) is 3.86. The highest BCUT2D eigenvalue weighted by Gasteiger charge is 2.16. The molecule has 0 aliphatic heterocycles. The van der Waals surface area contributed by atoms with Crippen molar-refractivity contribution in [1.82, 2.24) is 0 Å². The van der Waals surface area contributed by atoms with Crippen LogP contribution in [0.5, 0.6) is 5.75 Å². The van der Waals surface area contributed by atoms with Gasteiger partial charge in [-0.15, -0.1) is 0 Å². The van der Waals surface area contributed by atoms with Gasteiger partial charge in [0.05, 0.1) is 16.8 Å². The summed E-state index contributed by atoms with van der Waals surface area (Å²) in [6.45, 7) is 4.02. The third-order valence-corrected chi connectivity index (χ3v) is 3.08. The number of rotatable bonds is 5. The molecule has 1 rings (SSSR count). The Bertz CT molecular complexity index is 440. The molecule has 0 fully saturated rings. The summed E-state index contributed by atoms with van der Waals surface area (Å²) in [6.07, 6.45) is -0.544. The third-order valence-electron chi connectivity index (χ3n) is 2.28. The minimum atomic E-state index is -0.544. The predicted molar refractivity (Wildman–Crippen MR) is 75.4 cm³/mol. The normalized spacial score (nSPS) is 12.1. The maximum atomic E-state index is 11.8. The lowest BCUT2D eigenvalue weighted by molar-refractivity contribution is -0.124. The lowest BCUT2D eigenvalue weighted by Gasteiger charge is -2.15. The quantitative estimate of drug-likeness (QED) is 0.895. The summed E-state index contributed by atoms with van der Waals surface area (Å²) >= 11 is 9.30. The van der Waals surface area contributed by atoms with Crippen molar-refractivity contribution in [2.75, 3.05) is 19.0 Å². The number of carbonyl (C=O) groups is 1. The molecule has 0 heterocycles. The largest absolute Gasteiger partial charge is 0.491 e. The number of nitrogens with one attached hydrogen (secondary N) is 1. The molecule has 0 saturated heterocycles. The van der Waals surface area contributed by atoms with Crippen LogP contribution in [0.2, 0.25) is 5.02 Å². The van der Waals surface area contributed by atoms with E-state index in [4.69, 9.17) is 21.1 Å². The van der Waals surface area contributed by atoms with Crippen molar-refractivity contribution in [3.8, 4) is 5.75 Å². The summed E-state index contributed by atoms with van der Waals surface area (Å²) in [4.78, 5) is 11.8. The summed E-state index contributed by atoms with van der Waals surface area (Å²) < 4.78 is 11.1. The van der Waals surface area contributed by atoms with E-state index in [0.717, 1.165) is 0 Å². The highest BCUT2D eigenvalue weighted by Crippen LogP contribution is 2.36. The van der Waals surface area contributed by atoms with Crippen molar-refractivity contribution < 1.29 is 14.3 Å². The molecule has 0 radical (unpaired) electrons. The Morgan fingerprint density at radius 3 is 2.78 bits per heavy atom. The van der Waals surface area contributed by atoms with E-state index in [-0.39, 0.29) is 5.91 Å². The molecule has 0 aliphatic rings. The molecule has 0 saturated carbocycles. The van der Waals surface area contributed by atoms with E-state index in [2.05, 4.69) is 21.2 Å². The van der Waals surface area contributed by atoms with Crippen molar-refractivity contribution in [2.45, 2.75) is 20.0 Å². The molecule has 18 heavy (non-hydrogen) atoms. The average Bonchev–Trinajstić information content (AvgIpc) is 2.32. The van der Waals surface area contributed by atoms with E-state index in [1.165, 1.54) is 7.11 Å². The van der Waals surface area contributed by atoms with Gasteiger partial charge >= 0.3 is 0 Å². The molecule has 1 unspecified atom stereocenters. The van der Waals surface area contributed by atoms with Gasteiger partial charge in [0, 0.05) is 12.1 Å². The van der Waals surface area contributed by atoms with E-state index < -0.39 is 6.10 Å². The number of hydrogen-bond donors (Lipinski definition) is 1. The average molecular weight is 337 g/mol. The zero-order valence-electron chi connectivity index (χ0n) is 10.4. The van der Waals surface area contributed by atoms with Crippen molar-refractivity contribution in [1.29, 1.82) is 0 Å². The fourth-order valence-corrected chi connectivity index (χ4v) is 2.21. The van der Waals surface area contributed by atoms with E-state index in [0.29, 0.717) is 27.5 Å². The fraction of sp³-hybridized carbons (Fsp3) is 0.417. The first-order valence-corrected chi connectivity index (χ1v) is 6.62. The Labute approximate surface area is 120 Å². The van der Waals surface area contributed by atoms with Gasteiger partial charge in [0.25, 0.3) is 5.91 Å². The fourth-order valence-electron chi connectivity index (χ4n) is 1.29. The van der Waals surface area contributed by atoms with Crippen LogP contribution in [-0.4, -0.2) is 25.7 Å². The van der Waals surface area contributed by atoms with Gasteiger partial charge in [-0.25, -0.2) is 0 Å². The zero-order valence-corrected chi connectivity index (χ0v) is 12.8. The van der Waals surface area contributed by atoms with Crippen LogP contribution in [0.3, 0.4) is 0 Å². The van der Waals surface area contributed by atoms with Gasteiger partial charge in [0.1, 0.15) is 6.10 Å². The minimum Gasteiger partial charge on any atom is -0.491 e. The van der Waals surface area contributed by atoms with E-state index in [1.807, 2.05) is 6.92 Å². The zero-order chi connectivity index (χ0) is 13.7. The highest BCUT2D eigenvalue weighted by atomic mass is 79.9. The number of hydrogen-bond acceptors (Lipinski definition) is 3. The predicted octanol–water partition coefficient (Wildman–Crippen LogP) is 3.47. The molecule has 6 heteroatoms. The van der Waals surface area contributed by atoms with E-state index >= 15 is 0 Å². The second-order valence-electron chi connectivity index (χ2n) is 3.56. The van der Waals surface area contributed by atoms with Crippen LogP contribution in [0.4, 0.5) is 5.69 Å². The molecular formula is C12H15BrClNO3. The molecule has 1 amide bonds. The van der Waals surface area contributed by atoms with Gasteiger partial charge in [0.2, 0.25) is 0 Å². The van der Waals surface area contributed by atoms with Gasteiger partial charge in [0.15, 0.2) is 5.75 Å². The van der Waals surface area contributed by atoms with Crippen molar-refractivity contribution >= 4 is 39.1 Å². The molecule has 0 aromatic heterocycles. The molecule has 1 N–H and O–H groups in total. The van der Waals surface area contributed by atoms with Gasteiger partial charge in [-0.05, 0) is 41.9 Å². The number of anilines is 1. The molecule has 1 aromatic carbocycles. The lowest BCUT2D eigenvalue weighted by atomic mass is 10.2. The van der Waals surface area contributed by atoms with Crippen LogP contribution in [-0.2, 0) is 9.53 Å². The van der Waals surface area contributed by atoms with Crippen LogP contribution in [0.1, 0.15) is 13.8 Å². The van der Waals surface area contributed by atoms with Crippen molar-refractivity contribution in [3.05, 3.63) is 21.6 Å². The minimum absolute atomic E-state index is 0.257. The van der Waals surface area contributed by atoms with E-state index in [9.17, 15) is 4.79 Å². The number of benzene rings is 1. The molecule has 0 spiro atoms. The molecule has 4 nitrogen and oxygen atoms in total. The van der Waals surface area contributed by atoms with Gasteiger partial charge in [-0.3, -0.25) is 4.79 Å². The van der Waals surface area contributed by atoms with Crippen molar-refractivity contribution in [2.24, 2.45) is 0 Å². The lowest BCUT2D eigenvalue weighted by Crippen LogP contribution is -2.26. The molecule has 0 bridgehead atoms. The number of amides is 1. The van der Waals surface area contributed by atoms with Gasteiger partial charge in [-0.1, -0.05) is 11.6 Å². The molecule has 1 aromatic rings. The molecule has 100 valence electrons. The Kier molecular flexibility index (Phi) is 5.91.